The van der Waals surface area contributed by atoms with Crippen LogP contribution in [0.1, 0.15) is 22.3 Å². The molecule has 0 N–H and O–H groups in total. The first kappa shape index (κ1) is 18.6. The zero-order valence-electron chi connectivity index (χ0n) is 15.7. The Morgan fingerprint density at radius 2 is 1.81 bits per heavy atom. The molecule has 3 aromatic carbocycles. The van der Waals surface area contributed by atoms with E-state index < -0.39 is 0 Å². The molecule has 3 rings (SSSR count). The Kier molecular flexibility index (Phi) is 5.87. The molecule has 0 aromatic heterocycles. The lowest BCUT2D eigenvalue weighted by Crippen LogP contribution is -1.98. The molecule has 0 heterocycles. The minimum Gasteiger partial charge on any atom is -0.493 e. The number of hydrogen-bond acceptors (Lipinski definition) is 3. The highest BCUT2D eigenvalue weighted by atomic mass is 19.1. The van der Waals surface area contributed by atoms with E-state index >= 15 is 0 Å². The highest BCUT2D eigenvalue weighted by Gasteiger charge is 2.06. The average molecular weight is 363 g/mol. The number of nitrogens with zero attached hydrogens (tertiary/aromatic N) is 1. The van der Waals surface area contributed by atoms with Gasteiger partial charge in [0.1, 0.15) is 12.4 Å². The predicted octanol–water partition coefficient (Wildman–Crippen LogP) is 5.78. The minimum atomic E-state index is -0.277. The van der Waals surface area contributed by atoms with Crippen molar-refractivity contribution in [3.05, 3.63) is 88.7 Å². The van der Waals surface area contributed by atoms with Crippen LogP contribution >= 0.6 is 0 Å². The molecule has 0 amide bonds. The summed E-state index contributed by atoms with van der Waals surface area (Å²) in [5.74, 6) is 0.933. The third-order valence-electron chi connectivity index (χ3n) is 4.19. The first-order valence-corrected chi connectivity index (χ1v) is 8.72. The van der Waals surface area contributed by atoms with Gasteiger partial charge in [0, 0.05) is 6.21 Å². The minimum absolute atomic E-state index is 0.268. The molecular weight excluding hydrogens is 341 g/mol. The second kappa shape index (κ2) is 8.49. The smallest absolute Gasteiger partial charge is 0.161 e. The summed E-state index contributed by atoms with van der Waals surface area (Å²) in [6.07, 6.45) is 1.81. The summed E-state index contributed by atoms with van der Waals surface area (Å²) >= 11 is 0. The third-order valence-corrected chi connectivity index (χ3v) is 4.19. The molecule has 27 heavy (non-hydrogen) atoms. The number of halogens is 1. The van der Waals surface area contributed by atoms with E-state index in [0.29, 0.717) is 11.5 Å². The molecule has 0 aliphatic carbocycles. The van der Waals surface area contributed by atoms with Crippen molar-refractivity contribution in [1.82, 2.24) is 0 Å². The molecular formula is C23H22FNO2. The van der Waals surface area contributed by atoms with Crippen molar-refractivity contribution in [2.45, 2.75) is 20.5 Å². The van der Waals surface area contributed by atoms with Crippen molar-refractivity contribution < 1.29 is 13.9 Å². The van der Waals surface area contributed by atoms with Gasteiger partial charge in [0.2, 0.25) is 0 Å². The summed E-state index contributed by atoms with van der Waals surface area (Å²) in [7, 11) is 1.59. The number of ether oxygens (including phenoxy) is 2. The predicted molar refractivity (Wildman–Crippen MR) is 107 cm³/mol. The summed E-state index contributed by atoms with van der Waals surface area (Å²) in [4.78, 5) is 4.58. The van der Waals surface area contributed by atoms with Gasteiger partial charge in [-0.25, -0.2) is 4.39 Å². The lowest BCUT2D eigenvalue weighted by Gasteiger charge is -2.11. The van der Waals surface area contributed by atoms with E-state index in [4.69, 9.17) is 9.47 Å². The lowest BCUT2D eigenvalue weighted by atomic mass is 10.1. The first-order valence-electron chi connectivity index (χ1n) is 8.72. The van der Waals surface area contributed by atoms with Crippen LogP contribution in [-0.2, 0) is 6.61 Å². The quantitative estimate of drug-likeness (QED) is 0.520. The molecule has 0 aliphatic heterocycles. The van der Waals surface area contributed by atoms with Crippen LogP contribution in [0, 0.1) is 19.7 Å². The summed E-state index contributed by atoms with van der Waals surface area (Å²) in [6.45, 7) is 4.35. The van der Waals surface area contributed by atoms with E-state index in [-0.39, 0.29) is 12.4 Å². The fourth-order valence-corrected chi connectivity index (χ4v) is 2.67. The van der Waals surface area contributed by atoms with Gasteiger partial charge in [-0.3, -0.25) is 4.99 Å². The fourth-order valence-electron chi connectivity index (χ4n) is 2.67. The molecule has 138 valence electrons. The molecule has 0 atom stereocenters. The molecule has 0 bridgehead atoms. The SMILES string of the molecule is COc1cc(C=Nc2cc(C)ccc2C)ccc1OCc1cccc(F)c1. The van der Waals surface area contributed by atoms with E-state index in [1.54, 1.807) is 19.4 Å². The van der Waals surface area contributed by atoms with Crippen molar-refractivity contribution >= 4 is 11.9 Å². The molecule has 0 spiro atoms. The van der Waals surface area contributed by atoms with Crippen LogP contribution in [0.25, 0.3) is 0 Å². The van der Waals surface area contributed by atoms with Crippen molar-refractivity contribution in [3.8, 4) is 11.5 Å². The van der Waals surface area contributed by atoms with Crippen LogP contribution in [0.4, 0.5) is 10.1 Å². The van der Waals surface area contributed by atoms with Crippen molar-refractivity contribution in [1.29, 1.82) is 0 Å². The van der Waals surface area contributed by atoms with Gasteiger partial charge in [0.25, 0.3) is 0 Å². The maximum absolute atomic E-state index is 13.3. The standard InChI is InChI=1S/C23H22FNO2/c1-16-7-8-17(2)21(11-16)25-14-18-9-10-22(23(13-18)26-3)27-15-19-5-4-6-20(24)12-19/h4-14H,15H2,1-3H3. The van der Waals surface area contributed by atoms with Gasteiger partial charge in [0.05, 0.1) is 12.8 Å². The van der Waals surface area contributed by atoms with Gasteiger partial charge in [-0.05, 0) is 72.5 Å². The first-order chi connectivity index (χ1) is 13.0. The molecule has 0 saturated heterocycles. The largest absolute Gasteiger partial charge is 0.493 e. The van der Waals surface area contributed by atoms with Gasteiger partial charge in [-0.15, -0.1) is 0 Å². The Labute approximate surface area is 159 Å². The Balaban J connectivity index is 1.75. The Hall–Kier alpha value is -3.14. The molecule has 3 aromatic rings. The molecule has 0 aliphatic rings. The maximum atomic E-state index is 13.3. The number of aliphatic imine (C=N–C) groups is 1. The second-order valence-electron chi connectivity index (χ2n) is 6.38. The summed E-state index contributed by atoms with van der Waals surface area (Å²) in [5.41, 5.74) is 4.91. The zero-order valence-corrected chi connectivity index (χ0v) is 15.7. The van der Waals surface area contributed by atoms with Gasteiger partial charge in [0.15, 0.2) is 11.5 Å². The third kappa shape index (κ3) is 4.94. The number of rotatable bonds is 6. The van der Waals surface area contributed by atoms with Crippen LogP contribution < -0.4 is 9.47 Å². The molecule has 0 radical (unpaired) electrons. The van der Waals surface area contributed by atoms with Crippen LogP contribution in [0.3, 0.4) is 0 Å². The monoisotopic (exact) mass is 363 g/mol. The molecule has 0 fully saturated rings. The topological polar surface area (TPSA) is 30.8 Å². The Morgan fingerprint density at radius 3 is 2.59 bits per heavy atom. The number of hydrogen-bond donors (Lipinski definition) is 0. The van der Waals surface area contributed by atoms with E-state index in [0.717, 1.165) is 22.4 Å². The Bertz CT molecular complexity index is 966. The summed E-state index contributed by atoms with van der Waals surface area (Å²) in [5, 5.41) is 0. The van der Waals surface area contributed by atoms with E-state index in [2.05, 4.69) is 23.2 Å². The number of aryl methyl sites for hydroxylation is 2. The average Bonchev–Trinajstić information content (AvgIpc) is 2.67. The maximum Gasteiger partial charge on any atom is 0.161 e. The fraction of sp³-hybridized carbons (Fsp3) is 0.174. The number of benzene rings is 3. The van der Waals surface area contributed by atoms with Crippen LogP contribution in [0.2, 0.25) is 0 Å². The molecule has 4 heteroatoms. The second-order valence-corrected chi connectivity index (χ2v) is 6.38. The lowest BCUT2D eigenvalue weighted by molar-refractivity contribution is 0.284. The highest BCUT2D eigenvalue weighted by Crippen LogP contribution is 2.29. The van der Waals surface area contributed by atoms with Crippen molar-refractivity contribution in [2.24, 2.45) is 4.99 Å². The normalized spacial score (nSPS) is 11.0. The van der Waals surface area contributed by atoms with Gasteiger partial charge in [-0.1, -0.05) is 24.3 Å². The van der Waals surface area contributed by atoms with E-state index in [9.17, 15) is 4.39 Å². The Morgan fingerprint density at radius 1 is 0.963 bits per heavy atom. The number of methoxy groups -OCH3 is 1. The van der Waals surface area contributed by atoms with Crippen LogP contribution in [0.5, 0.6) is 11.5 Å². The zero-order chi connectivity index (χ0) is 19.2. The van der Waals surface area contributed by atoms with E-state index in [1.807, 2.05) is 38.1 Å². The molecule has 0 unspecified atom stereocenters. The van der Waals surface area contributed by atoms with Crippen LogP contribution in [-0.4, -0.2) is 13.3 Å². The van der Waals surface area contributed by atoms with Gasteiger partial charge in [-0.2, -0.15) is 0 Å². The highest BCUT2D eigenvalue weighted by molar-refractivity contribution is 5.83. The summed E-state index contributed by atoms with van der Waals surface area (Å²) < 4.78 is 24.5. The van der Waals surface area contributed by atoms with Crippen LogP contribution in [0.15, 0.2) is 65.7 Å². The molecule has 0 saturated carbocycles. The van der Waals surface area contributed by atoms with Crippen molar-refractivity contribution in [3.63, 3.8) is 0 Å². The summed E-state index contributed by atoms with van der Waals surface area (Å²) in [6, 6.07) is 18.2. The van der Waals surface area contributed by atoms with Gasteiger partial charge >= 0.3 is 0 Å². The van der Waals surface area contributed by atoms with Crippen molar-refractivity contribution in [2.75, 3.05) is 7.11 Å². The molecule has 3 nitrogen and oxygen atoms in total. The van der Waals surface area contributed by atoms with Gasteiger partial charge < -0.3 is 9.47 Å². The van der Waals surface area contributed by atoms with E-state index in [1.165, 1.54) is 17.7 Å².